The lowest BCUT2D eigenvalue weighted by Crippen LogP contribution is -2.55. The summed E-state index contributed by atoms with van der Waals surface area (Å²) in [6.07, 6.45) is 5.55. The molecular formula is C19H33N7O2. The predicted octanol–water partition coefficient (Wildman–Crippen LogP) is -0.0786. The second-order valence-electron chi connectivity index (χ2n) is 7.67. The van der Waals surface area contributed by atoms with Gasteiger partial charge in [0.1, 0.15) is 6.10 Å². The number of aromatic nitrogens is 2. The molecule has 156 valence electrons. The van der Waals surface area contributed by atoms with Crippen LogP contribution in [0.3, 0.4) is 0 Å². The number of piperazine rings is 1. The summed E-state index contributed by atoms with van der Waals surface area (Å²) in [5.41, 5.74) is 1.17. The first kappa shape index (κ1) is 20.6. The molecule has 9 nitrogen and oxygen atoms in total. The van der Waals surface area contributed by atoms with Crippen molar-refractivity contribution in [2.24, 2.45) is 12.0 Å². The molecule has 0 aromatic carbocycles. The average Bonchev–Trinajstić information content (AvgIpc) is 3.37. The van der Waals surface area contributed by atoms with Crippen LogP contribution in [-0.2, 0) is 16.6 Å². The fraction of sp³-hybridized carbons (Fsp3) is 0.737. The summed E-state index contributed by atoms with van der Waals surface area (Å²) in [5, 5.41) is 7.78. The Morgan fingerprint density at radius 2 is 2.07 bits per heavy atom. The standard InChI is InChI=1S/C19H33N7O2/c1-20-19(21-13-16(23(2)3)15-12-22-24(4)14-15)26-9-7-25(8-10-26)18(27)17-6-5-11-28-17/h12,14,16-17H,5-11,13H2,1-4H3,(H,20,21). The number of hydrogen-bond donors (Lipinski definition) is 1. The lowest BCUT2D eigenvalue weighted by Gasteiger charge is -2.37. The van der Waals surface area contributed by atoms with Crippen LogP contribution in [0.25, 0.3) is 0 Å². The Bertz CT molecular complexity index is 674. The molecule has 3 rings (SSSR count). The second-order valence-corrected chi connectivity index (χ2v) is 7.67. The van der Waals surface area contributed by atoms with Crippen LogP contribution in [0, 0.1) is 0 Å². The Morgan fingerprint density at radius 1 is 1.36 bits per heavy atom. The van der Waals surface area contributed by atoms with Gasteiger partial charge < -0.3 is 24.8 Å². The Kier molecular flexibility index (Phi) is 6.90. The van der Waals surface area contributed by atoms with Gasteiger partial charge in [-0.1, -0.05) is 0 Å². The SMILES string of the molecule is CN=C(NCC(c1cnn(C)c1)N(C)C)N1CCN(C(=O)C2CCCO2)CC1. The van der Waals surface area contributed by atoms with Gasteiger partial charge in [0.05, 0.1) is 12.2 Å². The summed E-state index contributed by atoms with van der Waals surface area (Å²) >= 11 is 0. The third-order valence-corrected chi connectivity index (χ3v) is 5.49. The molecule has 1 aromatic heterocycles. The van der Waals surface area contributed by atoms with E-state index in [9.17, 15) is 4.79 Å². The van der Waals surface area contributed by atoms with E-state index in [0.29, 0.717) is 19.7 Å². The van der Waals surface area contributed by atoms with E-state index in [1.54, 1.807) is 7.05 Å². The van der Waals surface area contributed by atoms with Gasteiger partial charge in [0, 0.05) is 65.2 Å². The number of nitrogens with one attached hydrogen (secondary N) is 1. The van der Waals surface area contributed by atoms with Crippen molar-refractivity contribution < 1.29 is 9.53 Å². The van der Waals surface area contributed by atoms with E-state index in [4.69, 9.17) is 4.74 Å². The fourth-order valence-corrected chi connectivity index (χ4v) is 3.85. The van der Waals surface area contributed by atoms with Crippen molar-refractivity contribution in [2.75, 3.05) is 60.5 Å². The maximum absolute atomic E-state index is 12.5. The molecule has 2 saturated heterocycles. The minimum absolute atomic E-state index is 0.143. The second kappa shape index (κ2) is 9.38. The number of carbonyl (C=O) groups is 1. The molecule has 0 bridgehead atoms. The van der Waals surface area contributed by atoms with Crippen LogP contribution < -0.4 is 5.32 Å². The van der Waals surface area contributed by atoms with Crippen LogP contribution in [-0.4, -0.2) is 103 Å². The topological polar surface area (TPSA) is 78.2 Å². The largest absolute Gasteiger partial charge is 0.368 e. The molecule has 28 heavy (non-hydrogen) atoms. The van der Waals surface area contributed by atoms with Crippen molar-refractivity contribution in [3.05, 3.63) is 18.0 Å². The first-order chi connectivity index (χ1) is 13.5. The maximum atomic E-state index is 12.5. The number of hydrogen-bond acceptors (Lipinski definition) is 5. The highest BCUT2D eigenvalue weighted by molar-refractivity contribution is 5.82. The average molecular weight is 392 g/mol. The van der Waals surface area contributed by atoms with E-state index in [2.05, 4.69) is 39.3 Å². The summed E-state index contributed by atoms with van der Waals surface area (Å²) in [5.74, 6) is 1.02. The molecule has 2 fully saturated rings. The maximum Gasteiger partial charge on any atom is 0.251 e. The van der Waals surface area contributed by atoms with Crippen molar-refractivity contribution in [1.82, 2.24) is 29.8 Å². The molecule has 1 aromatic rings. The number of aliphatic imine (C=N–C) groups is 1. The number of rotatable bonds is 5. The first-order valence-electron chi connectivity index (χ1n) is 10.0. The zero-order valence-corrected chi connectivity index (χ0v) is 17.5. The molecule has 9 heteroatoms. The zero-order chi connectivity index (χ0) is 20.1. The highest BCUT2D eigenvalue weighted by atomic mass is 16.5. The molecule has 3 heterocycles. The summed E-state index contributed by atoms with van der Waals surface area (Å²) in [6.45, 7) is 4.41. The molecule has 1 N–H and O–H groups in total. The quantitative estimate of drug-likeness (QED) is 0.559. The van der Waals surface area contributed by atoms with Crippen LogP contribution in [0.15, 0.2) is 17.4 Å². The Morgan fingerprint density at radius 3 is 2.61 bits per heavy atom. The van der Waals surface area contributed by atoms with E-state index >= 15 is 0 Å². The van der Waals surface area contributed by atoms with Gasteiger partial charge in [0.2, 0.25) is 0 Å². The number of aryl methyl sites for hydroxylation is 1. The highest BCUT2D eigenvalue weighted by Gasteiger charge is 2.31. The van der Waals surface area contributed by atoms with E-state index in [-0.39, 0.29) is 18.1 Å². The van der Waals surface area contributed by atoms with Gasteiger partial charge in [-0.2, -0.15) is 5.10 Å². The van der Waals surface area contributed by atoms with Crippen molar-refractivity contribution in [1.29, 1.82) is 0 Å². The number of carbonyl (C=O) groups excluding carboxylic acids is 1. The van der Waals surface area contributed by atoms with Crippen molar-refractivity contribution >= 4 is 11.9 Å². The highest BCUT2D eigenvalue weighted by Crippen LogP contribution is 2.17. The van der Waals surface area contributed by atoms with Crippen LogP contribution in [0.4, 0.5) is 0 Å². The molecule has 0 saturated carbocycles. The predicted molar refractivity (Wildman–Crippen MR) is 108 cm³/mol. The normalized spacial score (nSPS) is 22.0. The van der Waals surface area contributed by atoms with Crippen LogP contribution >= 0.6 is 0 Å². The summed E-state index contributed by atoms with van der Waals surface area (Å²) in [7, 11) is 7.87. The van der Waals surface area contributed by atoms with Gasteiger partial charge in [-0.05, 0) is 26.9 Å². The number of guanidine groups is 1. The molecule has 2 unspecified atom stereocenters. The van der Waals surface area contributed by atoms with E-state index in [1.807, 2.05) is 29.0 Å². The van der Waals surface area contributed by atoms with E-state index in [0.717, 1.165) is 38.4 Å². The van der Waals surface area contributed by atoms with Crippen LogP contribution in [0.1, 0.15) is 24.4 Å². The van der Waals surface area contributed by atoms with Crippen molar-refractivity contribution in [2.45, 2.75) is 25.0 Å². The zero-order valence-electron chi connectivity index (χ0n) is 17.5. The van der Waals surface area contributed by atoms with Crippen molar-refractivity contribution in [3.63, 3.8) is 0 Å². The Labute approximate surface area is 167 Å². The third kappa shape index (κ3) is 4.82. The number of amides is 1. The van der Waals surface area contributed by atoms with Crippen LogP contribution in [0.2, 0.25) is 0 Å². The first-order valence-corrected chi connectivity index (χ1v) is 10.0. The van der Waals surface area contributed by atoms with E-state index < -0.39 is 0 Å². The van der Waals surface area contributed by atoms with Gasteiger partial charge in [0.15, 0.2) is 5.96 Å². The Hall–Kier alpha value is -2.13. The molecule has 2 atom stereocenters. The lowest BCUT2D eigenvalue weighted by molar-refractivity contribution is -0.142. The number of likely N-dealkylation sites (N-methyl/N-ethyl adjacent to an activating group) is 1. The molecule has 0 spiro atoms. The van der Waals surface area contributed by atoms with Crippen LogP contribution in [0.5, 0.6) is 0 Å². The fourth-order valence-electron chi connectivity index (χ4n) is 3.85. The molecule has 2 aliphatic heterocycles. The summed E-state index contributed by atoms with van der Waals surface area (Å²) < 4.78 is 7.37. The van der Waals surface area contributed by atoms with Gasteiger partial charge in [-0.3, -0.25) is 14.5 Å². The number of nitrogens with zero attached hydrogens (tertiary/aromatic N) is 6. The molecular weight excluding hydrogens is 358 g/mol. The van der Waals surface area contributed by atoms with Crippen molar-refractivity contribution in [3.8, 4) is 0 Å². The lowest BCUT2D eigenvalue weighted by atomic mass is 10.1. The van der Waals surface area contributed by atoms with Gasteiger partial charge in [0.25, 0.3) is 5.91 Å². The molecule has 2 aliphatic rings. The molecule has 1 amide bonds. The van der Waals surface area contributed by atoms with Gasteiger partial charge in [-0.25, -0.2) is 0 Å². The molecule has 0 radical (unpaired) electrons. The molecule has 0 aliphatic carbocycles. The van der Waals surface area contributed by atoms with E-state index in [1.165, 1.54) is 5.56 Å². The third-order valence-electron chi connectivity index (χ3n) is 5.49. The smallest absolute Gasteiger partial charge is 0.251 e. The minimum atomic E-state index is -0.232. The Balaban J connectivity index is 1.52. The summed E-state index contributed by atoms with van der Waals surface area (Å²) in [4.78, 5) is 23.3. The van der Waals surface area contributed by atoms with Gasteiger partial charge in [-0.15, -0.1) is 0 Å². The summed E-state index contributed by atoms with van der Waals surface area (Å²) in [6, 6.07) is 0.202. The number of ether oxygens (including phenoxy) is 1. The minimum Gasteiger partial charge on any atom is -0.368 e. The van der Waals surface area contributed by atoms with Gasteiger partial charge >= 0.3 is 0 Å². The monoisotopic (exact) mass is 391 g/mol.